The summed E-state index contributed by atoms with van der Waals surface area (Å²) in [5.74, 6) is 1.40. The van der Waals surface area contributed by atoms with Crippen LogP contribution in [-0.4, -0.2) is 7.11 Å². The van der Waals surface area contributed by atoms with Crippen LogP contribution in [0, 0.1) is 0 Å². The van der Waals surface area contributed by atoms with Crippen LogP contribution in [0.15, 0.2) is 66.7 Å². The molecule has 166 valence electrons. The van der Waals surface area contributed by atoms with E-state index in [9.17, 15) is 0 Å². The minimum atomic E-state index is 0. The molecule has 0 bridgehead atoms. The Kier molecular flexibility index (Phi) is 10.5. The van der Waals surface area contributed by atoms with Gasteiger partial charge >= 0.3 is 0 Å². The second kappa shape index (κ2) is 12.8. The maximum Gasteiger partial charge on any atom is 0.161 e. The highest BCUT2D eigenvalue weighted by Gasteiger charge is 2.11. The lowest BCUT2D eigenvalue weighted by Crippen LogP contribution is -2.20. The summed E-state index contributed by atoms with van der Waals surface area (Å²) in [6.07, 6.45) is 2.21. The largest absolute Gasteiger partial charge is 0.493 e. The lowest BCUT2D eigenvalue weighted by Gasteiger charge is -2.19. The summed E-state index contributed by atoms with van der Waals surface area (Å²) in [5.41, 5.74) is 3.40. The summed E-state index contributed by atoms with van der Waals surface area (Å²) in [5, 5.41) is 4.72. The van der Waals surface area contributed by atoms with E-state index in [1.165, 1.54) is 5.56 Å². The van der Waals surface area contributed by atoms with E-state index in [1.807, 2.05) is 30.3 Å². The Bertz CT molecular complexity index is 951. The van der Waals surface area contributed by atoms with E-state index < -0.39 is 0 Å². The predicted octanol–water partition coefficient (Wildman–Crippen LogP) is 7.63. The van der Waals surface area contributed by atoms with Crippen LogP contribution in [0.3, 0.4) is 0 Å². The molecule has 0 fully saturated rings. The van der Waals surface area contributed by atoms with Crippen LogP contribution in [0.2, 0.25) is 10.0 Å². The van der Waals surface area contributed by atoms with Crippen molar-refractivity contribution in [2.45, 2.75) is 39.0 Å². The third-order valence-corrected chi connectivity index (χ3v) is 5.68. The molecule has 3 aromatic carbocycles. The first-order valence-electron chi connectivity index (χ1n) is 10.1. The van der Waals surface area contributed by atoms with E-state index in [4.69, 9.17) is 32.7 Å². The molecule has 0 amide bonds. The number of hydrogen-bond acceptors (Lipinski definition) is 3. The number of ether oxygens (including phenoxy) is 2. The van der Waals surface area contributed by atoms with Crippen molar-refractivity contribution in [1.29, 1.82) is 0 Å². The van der Waals surface area contributed by atoms with Gasteiger partial charge < -0.3 is 14.8 Å². The first kappa shape index (κ1) is 25.4. The van der Waals surface area contributed by atoms with Crippen LogP contribution in [0.25, 0.3) is 0 Å². The quantitative estimate of drug-likeness (QED) is 0.323. The monoisotopic (exact) mass is 479 g/mol. The molecular formula is C25H28Cl3NO2. The molecule has 0 aromatic heterocycles. The van der Waals surface area contributed by atoms with E-state index in [0.29, 0.717) is 34.2 Å². The SMILES string of the molecule is CCCC(NCc1ccc(OCc2ccc(Cl)c(Cl)c2)c(OC)c1)c1ccccc1.Cl. The zero-order chi connectivity index (χ0) is 21.3. The normalized spacial score (nSPS) is 11.5. The van der Waals surface area contributed by atoms with Crippen molar-refractivity contribution in [3.63, 3.8) is 0 Å². The smallest absolute Gasteiger partial charge is 0.161 e. The fourth-order valence-electron chi connectivity index (χ4n) is 3.33. The van der Waals surface area contributed by atoms with Crippen LogP contribution in [0.4, 0.5) is 0 Å². The molecule has 31 heavy (non-hydrogen) atoms. The number of methoxy groups -OCH3 is 1. The fourth-order valence-corrected chi connectivity index (χ4v) is 3.65. The van der Waals surface area contributed by atoms with Crippen molar-refractivity contribution in [3.8, 4) is 11.5 Å². The van der Waals surface area contributed by atoms with Gasteiger partial charge in [0.1, 0.15) is 6.61 Å². The molecule has 3 aromatic rings. The molecule has 1 N–H and O–H groups in total. The minimum absolute atomic E-state index is 0. The van der Waals surface area contributed by atoms with Crippen LogP contribution >= 0.6 is 35.6 Å². The first-order chi connectivity index (χ1) is 14.6. The predicted molar refractivity (Wildman–Crippen MR) is 132 cm³/mol. The molecule has 3 nitrogen and oxygen atoms in total. The number of hydrogen-bond donors (Lipinski definition) is 1. The van der Waals surface area contributed by atoms with Gasteiger partial charge in [0.2, 0.25) is 0 Å². The van der Waals surface area contributed by atoms with Crippen molar-refractivity contribution >= 4 is 35.6 Å². The topological polar surface area (TPSA) is 30.5 Å². The van der Waals surface area contributed by atoms with Gasteiger partial charge in [0.15, 0.2) is 11.5 Å². The van der Waals surface area contributed by atoms with Gasteiger partial charge in [-0.3, -0.25) is 0 Å². The number of benzene rings is 3. The van der Waals surface area contributed by atoms with Crippen LogP contribution in [-0.2, 0) is 13.2 Å². The van der Waals surface area contributed by atoms with Gasteiger partial charge in [0.25, 0.3) is 0 Å². The van der Waals surface area contributed by atoms with Gasteiger partial charge in [0, 0.05) is 12.6 Å². The Hall–Kier alpha value is -1.91. The molecule has 0 aliphatic rings. The minimum Gasteiger partial charge on any atom is -0.493 e. The molecule has 6 heteroatoms. The zero-order valence-corrected chi connectivity index (χ0v) is 20.1. The highest BCUT2D eigenvalue weighted by molar-refractivity contribution is 6.42. The Labute approximate surface area is 201 Å². The van der Waals surface area contributed by atoms with Crippen LogP contribution in [0.5, 0.6) is 11.5 Å². The second-order valence-electron chi connectivity index (χ2n) is 7.16. The van der Waals surface area contributed by atoms with Crippen LogP contribution in [0.1, 0.15) is 42.5 Å². The summed E-state index contributed by atoms with van der Waals surface area (Å²) in [6.45, 7) is 3.35. The lowest BCUT2D eigenvalue weighted by atomic mass is 10.0. The maximum atomic E-state index is 6.08. The molecule has 3 rings (SSSR count). The summed E-state index contributed by atoms with van der Waals surface area (Å²) in [4.78, 5) is 0. The Morgan fingerprint density at radius 1 is 0.871 bits per heavy atom. The third kappa shape index (κ3) is 7.33. The van der Waals surface area contributed by atoms with E-state index in [0.717, 1.165) is 30.5 Å². The summed E-state index contributed by atoms with van der Waals surface area (Å²) < 4.78 is 11.5. The Morgan fingerprint density at radius 2 is 1.61 bits per heavy atom. The standard InChI is InChI=1S/C25H27Cl2NO2.ClH/c1-3-7-23(20-8-5-4-6-9-20)28-16-18-11-13-24(25(15-18)29-2)30-17-19-10-12-21(26)22(27)14-19;/h4-6,8-15,23,28H,3,7,16-17H2,1-2H3;1H. The number of rotatable bonds is 10. The molecule has 1 unspecified atom stereocenters. The highest BCUT2D eigenvalue weighted by Crippen LogP contribution is 2.30. The van der Waals surface area contributed by atoms with Gasteiger partial charge in [-0.05, 0) is 47.4 Å². The maximum absolute atomic E-state index is 6.08. The van der Waals surface area contributed by atoms with E-state index >= 15 is 0 Å². The van der Waals surface area contributed by atoms with Crippen molar-refractivity contribution in [1.82, 2.24) is 5.32 Å². The fraction of sp³-hybridized carbons (Fsp3) is 0.280. The van der Waals surface area contributed by atoms with Crippen LogP contribution < -0.4 is 14.8 Å². The van der Waals surface area contributed by atoms with Crippen molar-refractivity contribution in [2.75, 3.05) is 7.11 Å². The lowest BCUT2D eigenvalue weighted by molar-refractivity contribution is 0.284. The average Bonchev–Trinajstić information content (AvgIpc) is 2.78. The molecule has 0 spiro atoms. The first-order valence-corrected chi connectivity index (χ1v) is 10.9. The Morgan fingerprint density at radius 3 is 2.29 bits per heavy atom. The van der Waals surface area contributed by atoms with Gasteiger partial charge in [-0.15, -0.1) is 12.4 Å². The van der Waals surface area contributed by atoms with Gasteiger partial charge in [-0.2, -0.15) is 0 Å². The molecule has 1 atom stereocenters. The van der Waals surface area contributed by atoms with Crippen molar-refractivity contribution < 1.29 is 9.47 Å². The van der Waals surface area contributed by atoms with Gasteiger partial charge in [-0.1, -0.05) is 79.0 Å². The van der Waals surface area contributed by atoms with Gasteiger partial charge in [0.05, 0.1) is 17.2 Å². The molecule has 0 saturated heterocycles. The summed E-state index contributed by atoms with van der Waals surface area (Å²) in [7, 11) is 1.66. The summed E-state index contributed by atoms with van der Waals surface area (Å²) >= 11 is 12.1. The molecule has 0 saturated carbocycles. The Balaban J connectivity index is 0.00000341. The third-order valence-electron chi connectivity index (χ3n) is 4.94. The van der Waals surface area contributed by atoms with Crippen molar-refractivity contribution in [2.24, 2.45) is 0 Å². The highest BCUT2D eigenvalue weighted by atomic mass is 35.5. The number of halogens is 3. The summed E-state index contributed by atoms with van der Waals surface area (Å²) in [6, 6.07) is 22.4. The number of nitrogens with one attached hydrogen (secondary N) is 1. The second-order valence-corrected chi connectivity index (χ2v) is 7.97. The van der Waals surface area contributed by atoms with Gasteiger partial charge in [-0.25, -0.2) is 0 Å². The van der Waals surface area contributed by atoms with E-state index in [1.54, 1.807) is 13.2 Å². The van der Waals surface area contributed by atoms with Crippen molar-refractivity contribution in [3.05, 3.63) is 93.5 Å². The molecule has 0 radical (unpaired) electrons. The van der Waals surface area contributed by atoms with E-state index in [2.05, 4.69) is 42.6 Å². The molecular weight excluding hydrogens is 453 g/mol. The molecule has 0 heterocycles. The molecule has 0 aliphatic carbocycles. The van der Waals surface area contributed by atoms with E-state index in [-0.39, 0.29) is 12.4 Å². The molecule has 0 aliphatic heterocycles. The zero-order valence-electron chi connectivity index (χ0n) is 17.7. The average molecular weight is 481 g/mol.